The lowest BCUT2D eigenvalue weighted by molar-refractivity contribution is -0.137. The number of hydrogen-bond donors (Lipinski definition) is 0. The smallest absolute Gasteiger partial charge is 0.308 e. The zero-order valence-electron chi connectivity index (χ0n) is 43.2. The maximum Gasteiger partial charge on any atom is 0.417 e. The molecule has 81 heavy (non-hydrogen) atoms. The molecular formula is C69H42F3N9. The first kappa shape index (κ1) is 48.5. The Hall–Kier alpha value is -10.9. The quantitative estimate of drug-likeness (QED) is 0.142. The summed E-state index contributed by atoms with van der Waals surface area (Å²) in [5, 5.41) is 15.3. The van der Waals surface area contributed by atoms with E-state index in [-0.39, 0.29) is 16.7 Å². The molecule has 14 rings (SSSR count). The predicted octanol–water partition coefficient (Wildman–Crippen LogP) is 17.1. The Morgan fingerprint density at radius 2 is 0.691 bits per heavy atom. The number of nitrogens with zero attached hydrogens (tertiary/aromatic N) is 9. The molecule has 0 N–H and O–H groups in total. The highest BCUT2D eigenvalue weighted by molar-refractivity contribution is 6.12. The molecule has 0 aliphatic rings. The Morgan fingerprint density at radius 1 is 0.346 bits per heavy atom. The zero-order chi connectivity index (χ0) is 54.8. The number of alkyl halides is 3. The topological polar surface area (TPSA) is 111 Å². The van der Waals surface area contributed by atoms with E-state index in [0.717, 1.165) is 60.9 Å². The average molecular weight is 1050 g/mol. The molecule has 4 aromatic heterocycles. The van der Waals surface area contributed by atoms with Gasteiger partial charge in [-0.2, -0.15) is 18.4 Å². The average Bonchev–Trinajstić information content (AvgIpc) is 4.20. The van der Waals surface area contributed by atoms with Crippen LogP contribution < -0.4 is 0 Å². The second kappa shape index (κ2) is 19.5. The van der Waals surface area contributed by atoms with Gasteiger partial charge in [0.2, 0.25) is 0 Å². The van der Waals surface area contributed by atoms with Gasteiger partial charge < -0.3 is 9.13 Å². The number of aryl methyl sites for hydroxylation is 1. The fraction of sp³-hybridized carbons (Fsp3) is 0.0290. The predicted molar refractivity (Wildman–Crippen MR) is 314 cm³/mol. The molecule has 0 radical (unpaired) electrons. The lowest BCUT2D eigenvalue weighted by atomic mass is 9.92. The largest absolute Gasteiger partial charge is 0.417 e. The van der Waals surface area contributed by atoms with E-state index in [0.29, 0.717) is 74.0 Å². The SMILES string of the molecule is Cc1cccc(C(F)(F)F)c1-c1cc(-n2c3ccccc3c3ccc(-c4nc(-c5ccccc5)nc(-c5ccccc5)n4)cc32)c(C#N)c(-n2c3ccccc3c3ccc(-c4nc(-c5ccccc5)nc(-c5ccccc5)n4)cc32)c1. The molecule has 9 nitrogen and oxygen atoms in total. The standard InChI is InChI=1S/C69H42F3N9/c1-42-19-18-30-55(69(70,71)72)62(42)49-39-60(80-56-31-16-14-28-50(56)52-35-33-47(37-58(52)80)67-76-63(43-20-6-2-7-21-43)74-64(77-67)44-22-8-3-9-23-44)54(41-73)61(40-49)81-57-32-17-15-29-51(57)53-36-34-48(38-59(53)81)68-78-65(45-24-10-4-11-25-45)75-66(79-68)46-26-12-5-13-27-46/h2-40H,1H3. The summed E-state index contributed by atoms with van der Waals surface area (Å²) in [5.41, 5.74) is 8.24. The number of benzene rings is 10. The summed E-state index contributed by atoms with van der Waals surface area (Å²) in [5.74, 6) is 2.78. The molecular weight excluding hydrogens is 1010 g/mol. The highest BCUT2D eigenvalue weighted by Gasteiger charge is 2.35. The third-order valence-corrected chi connectivity index (χ3v) is 14.8. The van der Waals surface area contributed by atoms with Crippen molar-refractivity contribution in [1.29, 1.82) is 5.26 Å². The van der Waals surface area contributed by atoms with Gasteiger partial charge >= 0.3 is 6.18 Å². The van der Waals surface area contributed by atoms with Crippen molar-refractivity contribution in [3.63, 3.8) is 0 Å². The number of hydrogen-bond acceptors (Lipinski definition) is 7. The van der Waals surface area contributed by atoms with Gasteiger partial charge in [0.25, 0.3) is 0 Å². The molecule has 0 atom stereocenters. The summed E-state index contributed by atoms with van der Waals surface area (Å²) < 4.78 is 50.5. The van der Waals surface area contributed by atoms with Crippen molar-refractivity contribution < 1.29 is 13.2 Å². The number of rotatable bonds is 9. The van der Waals surface area contributed by atoms with E-state index >= 15 is 13.2 Å². The summed E-state index contributed by atoms with van der Waals surface area (Å²) in [6, 6.07) is 76.8. The van der Waals surface area contributed by atoms with E-state index < -0.39 is 11.7 Å². The molecule has 0 aliphatic carbocycles. The minimum absolute atomic E-state index is 0.000890. The molecule has 14 aromatic rings. The Bertz CT molecular complexity index is 4440. The highest BCUT2D eigenvalue weighted by Crippen LogP contribution is 2.45. The molecule has 0 fully saturated rings. The van der Waals surface area contributed by atoms with Gasteiger partial charge in [-0.1, -0.05) is 194 Å². The molecule has 0 aliphatic heterocycles. The Labute approximate surface area is 462 Å². The van der Waals surface area contributed by atoms with E-state index in [9.17, 15) is 5.26 Å². The van der Waals surface area contributed by atoms with Crippen LogP contribution in [-0.2, 0) is 6.18 Å². The van der Waals surface area contributed by atoms with Crippen molar-refractivity contribution in [2.75, 3.05) is 0 Å². The first-order valence-corrected chi connectivity index (χ1v) is 26.2. The third kappa shape index (κ3) is 8.52. The van der Waals surface area contributed by atoms with Crippen LogP contribution in [0.3, 0.4) is 0 Å². The van der Waals surface area contributed by atoms with Gasteiger partial charge in [0, 0.05) is 54.9 Å². The number of fused-ring (bicyclic) bond motifs is 6. The molecule has 0 unspecified atom stereocenters. The van der Waals surface area contributed by atoms with Gasteiger partial charge in [-0.25, -0.2) is 29.9 Å². The van der Waals surface area contributed by atoms with Crippen LogP contribution in [0.1, 0.15) is 16.7 Å². The normalized spacial score (nSPS) is 11.7. The lowest BCUT2D eigenvalue weighted by Gasteiger charge is -2.21. The van der Waals surface area contributed by atoms with Gasteiger partial charge in [-0.3, -0.25) is 0 Å². The number of halogens is 3. The molecule has 384 valence electrons. The number of aromatic nitrogens is 8. The summed E-state index contributed by atoms with van der Waals surface area (Å²) in [6.45, 7) is 1.69. The fourth-order valence-electron chi connectivity index (χ4n) is 11.1. The van der Waals surface area contributed by atoms with E-state index in [1.807, 2.05) is 215 Å². The minimum Gasteiger partial charge on any atom is -0.308 e. The number of para-hydroxylation sites is 2. The Kier molecular flexibility index (Phi) is 11.7. The van der Waals surface area contributed by atoms with Crippen LogP contribution >= 0.6 is 0 Å². The van der Waals surface area contributed by atoms with Crippen molar-refractivity contribution in [3.8, 4) is 96.9 Å². The van der Waals surface area contributed by atoms with Gasteiger partial charge in [-0.15, -0.1) is 0 Å². The van der Waals surface area contributed by atoms with E-state index in [4.69, 9.17) is 29.9 Å². The van der Waals surface area contributed by atoms with E-state index in [1.54, 1.807) is 25.1 Å². The van der Waals surface area contributed by atoms with E-state index in [1.165, 1.54) is 6.07 Å². The molecule has 0 bridgehead atoms. The fourth-order valence-corrected chi connectivity index (χ4v) is 11.1. The van der Waals surface area contributed by atoms with Crippen LogP contribution in [0.4, 0.5) is 13.2 Å². The van der Waals surface area contributed by atoms with Crippen molar-refractivity contribution in [3.05, 3.63) is 253 Å². The van der Waals surface area contributed by atoms with Crippen molar-refractivity contribution in [1.82, 2.24) is 39.0 Å². The summed E-state index contributed by atoms with van der Waals surface area (Å²) in [6.07, 6.45) is -4.72. The van der Waals surface area contributed by atoms with Crippen LogP contribution in [-0.4, -0.2) is 39.0 Å². The second-order valence-corrected chi connectivity index (χ2v) is 19.7. The molecule has 0 saturated carbocycles. The summed E-state index contributed by atoms with van der Waals surface area (Å²) in [4.78, 5) is 30.1. The Balaban J connectivity index is 1.06. The molecule has 0 saturated heterocycles. The van der Waals surface area contributed by atoms with Crippen molar-refractivity contribution in [2.45, 2.75) is 13.1 Å². The van der Waals surface area contributed by atoms with Crippen molar-refractivity contribution in [2.24, 2.45) is 0 Å². The molecule has 4 heterocycles. The van der Waals surface area contributed by atoms with E-state index in [2.05, 4.69) is 6.07 Å². The van der Waals surface area contributed by atoms with Crippen LogP contribution in [0.25, 0.3) is 134 Å². The molecule has 0 spiro atoms. The zero-order valence-corrected chi connectivity index (χ0v) is 43.2. The maximum absolute atomic E-state index is 15.5. The van der Waals surface area contributed by atoms with Gasteiger partial charge in [0.05, 0.1) is 39.0 Å². The van der Waals surface area contributed by atoms with Crippen molar-refractivity contribution >= 4 is 43.6 Å². The van der Waals surface area contributed by atoms with Crippen LogP contribution in [0, 0.1) is 18.3 Å². The van der Waals surface area contributed by atoms with Crippen LogP contribution in [0.2, 0.25) is 0 Å². The molecule has 10 aromatic carbocycles. The summed E-state index contributed by atoms with van der Waals surface area (Å²) >= 11 is 0. The molecule has 0 amide bonds. The van der Waals surface area contributed by atoms with Gasteiger partial charge in [0.15, 0.2) is 34.9 Å². The first-order valence-electron chi connectivity index (χ1n) is 26.2. The highest BCUT2D eigenvalue weighted by atomic mass is 19.4. The molecule has 12 heteroatoms. The lowest BCUT2D eigenvalue weighted by Crippen LogP contribution is -2.10. The summed E-state index contributed by atoms with van der Waals surface area (Å²) in [7, 11) is 0. The van der Waals surface area contributed by atoms with Crippen LogP contribution in [0.15, 0.2) is 237 Å². The minimum atomic E-state index is -4.72. The van der Waals surface area contributed by atoms with Gasteiger partial charge in [0.1, 0.15) is 11.6 Å². The monoisotopic (exact) mass is 1050 g/mol. The number of nitriles is 1. The first-order chi connectivity index (χ1) is 39.7. The Morgan fingerprint density at radius 3 is 1.06 bits per heavy atom. The third-order valence-electron chi connectivity index (χ3n) is 14.8. The van der Waals surface area contributed by atoms with Crippen LogP contribution in [0.5, 0.6) is 0 Å². The van der Waals surface area contributed by atoms with Gasteiger partial charge in [-0.05, 0) is 66.1 Å². The maximum atomic E-state index is 15.5. The second-order valence-electron chi connectivity index (χ2n) is 19.7.